The van der Waals surface area contributed by atoms with E-state index in [4.69, 9.17) is 15.0 Å². The number of aromatic nitrogens is 2. The van der Waals surface area contributed by atoms with Crippen LogP contribution in [0.15, 0.2) is 17.2 Å². The molecule has 0 saturated carbocycles. The van der Waals surface area contributed by atoms with Crippen LogP contribution in [-0.4, -0.2) is 41.3 Å². The molecule has 0 bridgehead atoms. The molecule has 0 spiro atoms. The Morgan fingerprint density at radius 3 is 3.22 bits per heavy atom. The number of hydrogen-bond donors (Lipinski definition) is 1. The highest BCUT2D eigenvalue weighted by Gasteiger charge is 2.26. The van der Waals surface area contributed by atoms with E-state index in [1.165, 1.54) is 0 Å². The fraction of sp³-hybridized carbons (Fsp3) is 0.667. The molecular formula is C12H20N4O2. The lowest BCUT2D eigenvalue weighted by atomic mass is 10.2. The Hall–Kier alpha value is -1.24. The molecule has 2 atom stereocenters. The Bertz CT molecular complexity index is 393. The summed E-state index contributed by atoms with van der Waals surface area (Å²) in [5.41, 5.74) is 5.88. The lowest BCUT2D eigenvalue weighted by Crippen LogP contribution is -2.38. The van der Waals surface area contributed by atoms with Gasteiger partial charge in [-0.3, -0.25) is 4.90 Å². The van der Waals surface area contributed by atoms with Crippen molar-refractivity contribution in [2.75, 3.05) is 26.2 Å². The maximum atomic E-state index is 5.88. The maximum Gasteiger partial charge on any atom is 0.243 e. The van der Waals surface area contributed by atoms with Crippen LogP contribution in [0.3, 0.4) is 0 Å². The van der Waals surface area contributed by atoms with Crippen LogP contribution >= 0.6 is 0 Å². The van der Waals surface area contributed by atoms with Crippen LogP contribution in [0.5, 0.6) is 0 Å². The molecule has 0 aliphatic carbocycles. The highest BCUT2D eigenvalue weighted by molar-refractivity contribution is 4.98. The molecule has 2 unspecified atom stereocenters. The van der Waals surface area contributed by atoms with Gasteiger partial charge in [-0.05, 0) is 13.0 Å². The summed E-state index contributed by atoms with van der Waals surface area (Å²) in [6, 6.07) is -0.283. The predicted octanol–water partition coefficient (Wildman–Crippen LogP) is 1.04. The average molecular weight is 252 g/mol. The van der Waals surface area contributed by atoms with E-state index in [1.54, 1.807) is 6.08 Å². The summed E-state index contributed by atoms with van der Waals surface area (Å²) in [5, 5.41) is 3.96. The van der Waals surface area contributed by atoms with E-state index in [9.17, 15) is 0 Å². The van der Waals surface area contributed by atoms with Crippen LogP contribution in [-0.2, 0) is 4.74 Å². The van der Waals surface area contributed by atoms with Crippen LogP contribution < -0.4 is 5.73 Å². The van der Waals surface area contributed by atoms with Gasteiger partial charge in [-0.1, -0.05) is 18.2 Å². The monoisotopic (exact) mass is 252 g/mol. The minimum absolute atomic E-state index is 0.118. The van der Waals surface area contributed by atoms with Crippen molar-refractivity contribution in [1.29, 1.82) is 0 Å². The molecule has 18 heavy (non-hydrogen) atoms. The summed E-state index contributed by atoms with van der Waals surface area (Å²) in [6.07, 6.45) is 2.24. The molecule has 2 heterocycles. The Morgan fingerprint density at radius 2 is 2.50 bits per heavy atom. The number of nitrogens with two attached hydrogens (primary N) is 1. The van der Waals surface area contributed by atoms with Crippen molar-refractivity contribution in [1.82, 2.24) is 15.0 Å². The molecule has 2 N–H and O–H groups in total. The Balaban J connectivity index is 2.02. The molecule has 1 aliphatic heterocycles. The van der Waals surface area contributed by atoms with Crippen LogP contribution in [0, 0.1) is 0 Å². The lowest BCUT2D eigenvalue weighted by molar-refractivity contribution is -0.0334. The van der Waals surface area contributed by atoms with Crippen LogP contribution in [0.4, 0.5) is 0 Å². The van der Waals surface area contributed by atoms with Crippen molar-refractivity contribution < 1.29 is 9.26 Å². The molecule has 1 aromatic rings. The van der Waals surface area contributed by atoms with Gasteiger partial charge in [-0.25, -0.2) is 0 Å². The summed E-state index contributed by atoms with van der Waals surface area (Å²) >= 11 is 0. The zero-order chi connectivity index (χ0) is 13.0. The molecule has 1 aromatic heterocycles. The van der Waals surface area contributed by atoms with E-state index in [1.807, 2.05) is 0 Å². The van der Waals surface area contributed by atoms with Gasteiger partial charge in [-0.15, -0.1) is 6.58 Å². The van der Waals surface area contributed by atoms with Gasteiger partial charge in [0.15, 0.2) is 0 Å². The number of hydrogen-bond acceptors (Lipinski definition) is 6. The van der Waals surface area contributed by atoms with Gasteiger partial charge in [0.05, 0.1) is 12.6 Å². The third-order valence-electron chi connectivity index (χ3n) is 3.08. The van der Waals surface area contributed by atoms with Crippen molar-refractivity contribution in [2.45, 2.75) is 25.5 Å². The molecule has 6 nitrogen and oxygen atoms in total. The molecule has 1 saturated heterocycles. The quantitative estimate of drug-likeness (QED) is 0.789. The first-order chi connectivity index (χ1) is 8.74. The zero-order valence-electron chi connectivity index (χ0n) is 10.7. The van der Waals surface area contributed by atoms with E-state index in [0.29, 0.717) is 24.7 Å². The van der Waals surface area contributed by atoms with Gasteiger partial charge < -0.3 is 15.0 Å². The molecule has 0 radical (unpaired) electrons. The third kappa shape index (κ3) is 2.95. The minimum Gasteiger partial charge on any atom is -0.367 e. The van der Waals surface area contributed by atoms with E-state index in [2.05, 4.69) is 28.5 Å². The number of morpholine rings is 1. The van der Waals surface area contributed by atoms with Gasteiger partial charge in [0.2, 0.25) is 11.7 Å². The lowest BCUT2D eigenvalue weighted by Gasteiger charge is -2.30. The second-order valence-electron chi connectivity index (χ2n) is 4.37. The molecule has 1 aliphatic rings. The summed E-state index contributed by atoms with van der Waals surface area (Å²) in [4.78, 5) is 6.62. The molecular weight excluding hydrogens is 232 g/mol. The Morgan fingerprint density at radius 1 is 1.67 bits per heavy atom. The van der Waals surface area contributed by atoms with Crippen LogP contribution in [0.1, 0.15) is 37.2 Å². The topological polar surface area (TPSA) is 77.4 Å². The predicted molar refractivity (Wildman–Crippen MR) is 66.8 cm³/mol. The smallest absolute Gasteiger partial charge is 0.243 e. The number of nitrogens with zero attached hydrogens (tertiary/aromatic N) is 3. The summed E-state index contributed by atoms with van der Waals surface area (Å²) < 4.78 is 10.8. The largest absolute Gasteiger partial charge is 0.367 e. The van der Waals surface area contributed by atoms with E-state index in [-0.39, 0.29) is 12.1 Å². The summed E-state index contributed by atoms with van der Waals surface area (Å²) in [6.45, 7) is 9.22. The van der Waals surface area contributed by atoms with Gasteiger partial charge in [0, 0.05) is 13.1 Å². The SMILES string of the molecule is C=CCC(N)c1nc(C2CN(CC)CCO2)no1. The number of ether oxygens (including phenoxy) is 1. The van der Waals surface area contributed by atoms with Gasteiger partial charge >= 0.3 is 0 Å². The van der Waals surface area contributed by atoms with Gasteiger partial charge in [0.25, 0.3) is 0 Å². The third-order valence-corrected chi connectivity index (χ3v) is 3.08. The number of likely N-dealkylation sites (N-methyl/N-ethyl adjacent to an activating group) is 1. The average Bonchev–Trinajstić information content (AvgIpc) is 2.89. The Kier molecular flexibility index (Phi) is 4.46. The Labute approximate surface area is 107 Å². The van der Waals surface area contributed by atoms with E-state index >= 15 is 0 Å². The molecule has 0 aromatic carbocycles. The highest BCUT2D eigenvalue weighted by Crippen LogP contribution is 2.21. The van der Waals surface area contributed by atoms with Crippen molar-refractivity contribution >= 4 is 0 Å². The van der Waals surface area contributed by atoms with Crippen LogP contribution in [0.2, 0.25) is 0 Å². The highest BCUT2D eigenvalue weighted by atomic mass is 16.5. The standard InChI is InChI=1S/C12H20N4O2/c1-3-5-9(13)12-14-11(15-18-12)10-8-16(4-2)6-7-17-10/h3,9-10H,1,4-8,13H2,2H3. The minimum atomic E-state index is -0.283. The number of rotatable bonds is 5. The maximum absolute atomic E-state index is 5.88. The first kappa shape index (κ1) is 13.2. The zero-order valence-corrected chi connectivity index (χ0v) is 10.7. The fourth-order valence-corrected chi connectivity index (χ4v) is 1.95. The fourth-order valence-electron chi connectivity index (χ4n) is 1.95. The second-order valence-corrected chi connectivity index (χ2v) is 4.37. The first-order valence-corrected chi connectivity index (χ1v) is 6.28. The summed E-state index contributed by atoms with van der Waals surface area (Å²) in [7, 11) is 0. The molecule has 0 amide bonds. The molecule has 1 fully saturated rings. The molecule has 2 rings (SSSR count). The first-order valence-electron chi connectivity index (χ1n) is 6.28. The summed E-state index contributed by atoms with van der Waals surface area (Å²) in [5.74, 6) is 1.03. The van der Waals surface area contributed by atoms with Crippen LogP contribution in [0.25, 0.3) is 0 Å². The normalized spacial score (nSPS) is 22.9. The van der Waals surface area contributed by atoms with Crippen molar-refractivity contribution in [3.63, 3.8) is 0 Å². The van der Waals surface area contributed by atoms with E-state index in [0.717, 1.165) is 19.6 Å². The van der Waals surface area contributed by atoms with Crippen molar-refractivity contribution in [3.8, 4) is 0 Å². The second kappa shape index (κ2) is 6.08. The molecule has 100 valence electrons. The van der Waals surface area contributed by atoms with E-state index < -0.39 is 0 Å². The van der Waals surface area contributed by atoms with Gasteiger partial charge in [0.1, 0.15) is 6.10 Å². The molecule has 6 heteroatoms. The van der Waals surface area contributed by atoms with Gasteiger partial charge in [-0.2, -0.15) is 4.98 Å². The van der Waals surface area contributed by atoms with Crippen molar-refractivity contribution in [2.24, 2.45) is 5.73 Å². The van der Waals surface area contributed by atoms with Crippen molar-refractivity contribution in [3.05, 3.63) is 24.4 Å².